The van der Waals surface area contributed by atoms with Crippen LogP contribution in [0.15, 0.2) is 29.2 Å². The third kappa shape index (κ3) is 5.74. The van der Waals surface area contributed by atoms with E-state index in [1.54, 1.807) is 17.0 Å². The van der Waals surface area contributed by atoms with Gasteiger partial charge >= 0.3 is 5.97 Å². The molecule has 0 spiro atoms. The van der Waals surface area contributed by atoms with Crippen LogP contribution in [-0.2, 0) is 19.4 Å². The van der Waals surface area contributed by atoms with Crippen LogP contribution in [0.4, 0.5) is 0 Å². The number of aliphatic carboxylic acids is 1. The van der Waals surface area contributed by atoms with E-state index in [1.807, 2.05) is 0 Å². The second kappa shape index (κ2) is 8.33. The lowest BCUT2D eigenvalue weighted by Gasteiger charge is -2.30. The molecular formula is C17H23NO6S. The predicted molar refractivity (Wildman–Crippen MR) is 91.2 cm³/mol. The molecule has 1 N–H and O–H groups in total. The first-order chi connectivity index (χ1) is 11.8. The Morgan fingerprint density at radius 1 is 1.20 bits per heavy atom. The fraction of sp³-hybridized carbons (Fsp3) is 0.529. The van der Waals surface area contributed by atoms with E-state index in [1.165, 1.54) is 12.1 Å². The van der Waals surface area contributed by atoms with Crippen molar-refractivity contribution in [3.05, 3.63) is 24.3 Å². The van der Waals surface area contributed by atoms with E-state index in [-0.39, 0.29) is 16.7 Å². The molecular weight excluding hydrogens is 346 g/mol. The quantitative estimate of drug-likeness (QED) is 0.732. The van der Waals surface area contributed by atoms with Gasteiger partial charge in [-0.15, -0.1) is 0 Å². The van der Waals surface area contributed by atoms with Crippen LogP contribution in [0, 0.1) is 5.92 Å². The van der Waals surface area contributed by atoms with Crippen molar-refractivity contribution < 1.29 is 27.9 Å². The van der Waals surface area contributed by atoms with Gasteiger partial charge in [0.1, 0.15) is 5.75 Å². The molecule has 1 aromatic carbocycles. The van der Waals surface area contributed by atoms with Crippen LogP contribution in [-0.4, -0.2) is 56.3 Å². The zero-order valence-electron chi connectivity index (χ0n) is 14.2. The van der Waals surface area contributed by atoms with Gasteiger partial charge in [-0.2, -0.15) is 0 Å². The second-order valence-electron chi connectivity index (χ2n) is 6.19. The lowest BCUT2D eigenvalue weighted by atomic mass is 9.97. The maximum atomic E-state index is 12.1. The van der Waals surface area contributed by atoms with Gasteiger partial charge in [-0.05, 0) is 43.5 Å². The number of ether oxygens (including phenoxy) is 1. The van der Waals surface area contributed by atoms with Gasteiger partial charge in [0.05, 0.1) is 17.4 Å². The molecule has 1 heterocycles. The van der Waals surface area contributed by atoms with Crippen LogP contribution >= 0.6 is 0 Å². The summed E-state index contributed by atoms with van der Waals surface area (Å²) in [5.74, 6) is -0.563. The number of sulfone groups is 1. The molecule has 1 fully saturated rings. The number of likely N-dealkylation sites (tertiary alicyclic amines) is 1. The van der Waals surface area contributed by atoms with Crippen molar-refractivity contribution in [2.45, 2.75) is 30.6 Å². The number of nitrogens with zero attached hydrogens (tertiary/aromatic N) is 1. The van der Waals surface area contributed by atoms with Gasteiger partial charge in [-0.1, -0.05) is 0 Å². The number of carbonyl (C=O) groups excluding carboxylic acids is 1. The molecule has 0 bridgehead atoms. The minimum Gasteiger partial charge on any atom is -0.494 e. The normalized spacial score (nSPS) is 15.8. The fourth-order valence-electron chi connectivity index (χ4n) is 2.73. The molecule has 1 saturated heterocycles. The molecule has 7 nitrogen and oxygen atoms in total. The summed E-state index contributed by atoms with van der Waals surface area (Å²) in [6, 6.07) is 6.16. The smallest absolute Gasteiger partial charge is 0.306 e. The highest BCUT2D eigenvalue weighted by molar-refractivity contribution is 7.90. The van der Waals surface area contributed by atoms with Crippen molar-refractivity contribution in [2.75, 3.05) is 26.0 Å². The summed E-state index contributed by atoms with van der Waals surface area (Å²) in [6.07, 6.45) is 3.05. The number of rotatable bonds is 7. The predicted octanol–water partition coefficient (Wildman–Crippen LogP) is 1.57. The third-order valence-electron chi connectivity index (χ3n) is 4.25. The van der Waals surface area contributed by atoms with Gasteiger partial charge in [0.2, 0.25) is 5.91 Å². The zero-order chi connectivity index (χ0) is 18.4. The van der Waals surface area contributed by atoms with E-state index >= 15 is 0 Å². The zero-order valence-corrected chi connectivity index (χ0v) is 15.0. The van der Waals surface area contributed by atoms with Gasteiger partial charge in [0, 0.05) is 25.8 Å². The van der Waals surface area contributed by atoms with E-state index in [9.17, 15) is 18.0 Å². The van der Waals surface area contributed by atoms with Crippen LogP contribution < -0.4 is 4.74 Å². The summed E-state index contributed by atoms with van der Waals surface area (Å²) in [5.41, 5.74) is 0. The average Bonchev–Trinajstić information content (AvgIpc) is 2.58. The number of carboxylic acid groups (broad SMARTS) is 1. The second-order valence-corrected chi connectivity index (χ2v) is 8.20. The van der Waals surface area contributed by atoms with Crippen LogP contribution in [0.2, 0.25) is 0 Å². The van der Waals surface area contributed by atoms with Crippen LogP contribution in [0.1, 0.15) is 25.7 Å². The molecule has 1 aliphatic heterocycles. The SMILES string of the molecule is CS(=O)(=O)c1ccc(OCCCC(=O)N2CCC(C(=O)O)CC2)cc1. The highest BCUT2D eigenvalue weighted by Gasteiger charge is 2.26. The Morgan fingerprint density at radius 2 is 1.80 bits per heavy atom. The first kappa shape index (κ1) is 19.2. The molecule has 0 unspecified atom stereocenters. The highest BCUT2D eigenvalue weighted by atomic mass is 32.2. The molecule has 0 atom stereocenters. The van der Waals surface area contributed by atoms with Gasteiger partial charge in [-0.3, -0.25) is 9.59 Å². The first-order valence-corrected chi connectivity index (χ1v) is 10.1. The Labute approximate surface area is 147 Å². The Balaban J connectivity index is 1.69. The van der Waals surface area contributed by atoms with Crippen molar-refractivity contribution in [2.24, 2.45) is 5.92 Å². The van der Waals surface area contributed by atoms with Crippen LogP contribution in [0.25, 0.3) is 0 Å². The number of hydrogen-bond acceptors (Lipinski definition) is 5. The van der Waals surface area contributed by atoms with E-state index in [2.05, 4.69) is 0 Å². The molecule has 1 aromatic rings. The Bertz CT molecular complexity index is 705. The molecule has 8 heteroatoms. The monoisotopic (exact) mass is 369 g/mol. The number of carboxylic acids is 1. The Morgan fingerprint density at radius 3 is 2.32 bits per heavy atom. The number of hydrogen-bond donors (Lipinski definition) is 1. The number of carbonyl (C=O) groups is 2. The summed E-state index contributed by atoms with van der Waals surface area (Å²) >= 11 is 0. The first-order valence-electron chi connectivity index (χ1n) is 8.21. The minimum atomic E-state index is -3.22. The molecule has 0 radical (unpaired) electrons. The molecule has 0 aromatic heterocycles. The summed E-state index contributed by atoms with van der Waals surface area (Å²) in [5, 5.41) is 8.95. The Hall–Kier alpha value is -2.09. The molecule has 1 amide bonds. The number of amides is 1. The largest absolute Gasteiger partial charge is 0.494 e. The fourth-order valence-corrected chi connectivity index (χ4v) is 3.36. The van der Waals surface area contributed by atoms with Crippen LogP contribution in [0.5, 0.6) is 5.75 Å². The van der Waals surface area contributed by atoms with Gasteiger partial charge < -0.3 is 14.7 Å². The van der Waals surface area contributed by atoms with Crippen molar-refractivity contribution in [1.82, 2.24) is 4.90 Å². The molecule has 0 aliphatic carbocycles. The molecule has 0 saturated carbocycles. The van der Waals surface area contributed by atoms with Gasteiger partial charge in [0.25, 0.3) is 0 Å². The lowest BCUT2D eigenvalue weighted by molar-refractivity contribution is -0.145. The minimum absolute atomic E-state index is 0.0138. The third-order valence-corrected chi connectivity index (χ3v) is 5.38. The molecule has 1 aliphatic rings. The maximum absolute atomic E-state index is 12.1. The molecule has 25 heavy (non-hydrogen) atoms. The van der Waals surface area contributed by atoms with E-state index in [4.69, 9.17) is 9.84 Å². The number of benzene rings is 1. The van der Waals surface area contributed by atoms with E-state index in [0.717, 1.165) is 6.26 Å². The molecule has 2 rings (SSSR count). The summed E-state index contributed by atoms with van der Waals surface area (Å²) in [6.45, 7) is 1.34. The maximum Gasteiger partial charge on any atom is 0.306 e. The van der Waals surface area contributed by atoms with Gasteiger partial charge in [-0.25, -0.2) is 8.42 Å². The van der Waals surface area contributed by atoms with E-state index in [0.29, 0.717) is 51.1 Å². The number of piperidine rings is 1. The van der Waals surface area contributed by atoms with Gasteiger partial charge in [0.15, 0.2) is 9.84 Å². The van der Waals surface area contributed by atoms with Crippen LogP contribution in [0.3, 0.4) is 0 Å². The summed E-state index contributed by atoms with van der Waals surface area (Å²) < 4.78 is 28.3. The summed E-state index contributed by atoms with van der Waals surface area (Å²) in [4.78, 5) is 24.9. The topological polar surface area (TPSA) is 101 Å². The average molecular weight is 369 g/mol. The van der Waals surface area contributed by atoms with E-state index < -0.39 is 15.8 Å². The Kier molecular flexibility index (Phi) is 6.41. The standard InChI is InChI=1S/C17H23NO6S/c1-25(22,23)15-6-4-14(5-7-15)24-12-2-3-16(19)18-10-8-13(9-11-18)17(20)21/h4-7,13H,2-3,8-12H2,1H3,(H,20,21). The van der Waals surface area contributed by atoms with Crippen molar-refractivity contribution in [1.29, 1.82) is 0 Å². The lowest BCUT2D eigenvalue weighted by Crippen LogP contribution is -2.40. The van der Waals surface area contributed by atoms with Crippen molar-refractivity contribution >= 4 is 21.7 Å². The molecule has 138 valence electrons. The van der Waals surface area contributed by atoms with Crippen molar-refractivity contribution in [3.63, 3.8) is 0 Å². The summed E-state index contributed by atoms with van der Waals surface area (Å²) in [7, 11) is -3.22. The highest BCUT2D eigenvalue weighted by Crippen LogP contribution is 2.19. The van der Waals surface area contributed by atoms with Crippen molar-refractivity contribution in [3.8, 4) is 5.75 Å².